The van der Waals surface area contributed by atoms with Gasteiger partial charge < -0.3 is 21.5 Å². The molecule has 42 heavy (non-hydrogen) atoms. The van der Waals surface area contributed by atoms with Gasteiger partial charge >= 0.3 is 0 Å². The lowest BCUT2D eigenvalue weighted by Gasteiger charge is -2.37. The smallest absolute Gasteiger partial charge is 0.241 e. The van der Waals surface area contributed by atoms with E-state index in [2.05, 4.69) is 10.6 Å². The Hall–Kier alpha value is -2.08. The van der Waals surface area contributed by atoms with Crippen LogP contribution in [0.5, 0.6) is 0 Å². The van der Waals surface area contributed by atoms with Crippen LogP contribution in [0.2, 0.25) is 5.02 Å². The van der Waals surface area contributed by atoms with Gasteiger partial charge in [-0.25, -0.2) is 12.8 Å². The fourth-order valence-corrected chi connectivity index (χ4v) is 8.92. The van der Waals surface area contributed by atoms with Crippen LogP contribution in [0.4, 0.5) is 10.1 Å². The van der Waals surface area contributed by atoms with Gasteiger partial charge in [-0.1, -0.05) is 29.8 Å². The van der Waals surface area contributed by atoms with Crippen molar-refractivity contribution in [1.29, 1.82) is 0 Å². The average Bonchev–Trinajstić information content (AvgIpc) is 3.08. The summed E-state index contributed by atoms with van der Waals surface area (Å²) in [5.74, 6) is -0.817. The molecule has 0 aromatic heterocycles. The van der Waals surface area contributed by atoms with Crippen molar-refractivity contribution in [3.8, 4) is 0 Å². The molecule has 1 amide bonds. The first-order valence-corrected chi connectivity index (χ1v) is 17.1. The van der Waals surface area contributed by atoms with Crippen LogP contribution in [0.3, 0.4) is 0 Å². The van der Waals surface area contributed by atoms with Crippen LogP contribution < -0.4 is 16.4 Å². The van der Waals surface area contributed by atoms with Gasteiger partial charge in [-0.2, -0.15) is 4.31 Å². The number of nitrogens with two attached hydrogens (primary N) is 1. The normalized spacial score (nSPS) is 28.8. The van der Waals surface area contributed by atoms with Gasteiger partial charge in [-0.3, -0.25) is 4.79 Å². The lowest BCUT2D eigenvalue weighted by Crippen LogP contribution is -2.57. The summed E-state index contributed by atoms with van der Waals surface area (Å²) < 4.78 is 42.4. The fourth-order valence-electron chi connectivity index (χ4n) is 6.99. The molecule has 3 fully saturated rings. The maximum atomic E-state index is 15.1. The third kappa shape index (κ3) is 7.34. The highest BCUT2D eigenvalue weighted by Gasteiger charge is 2.38. The third-order valence-corrected chi connectivity index (χ3v) is 11.5. The van der Waals surface area contributed by atoms with E-state index in [4.69, 9.17) is 17.3 Å². The zero-order valence-electron chi connectivity index (χ0n) is 23.9. The predicted octanol–water partition coefficient (Wildman–Crippen LogP) is 4.17. The number of piperazine rings is 1. The van der Waals surface area contributed by atoms with Gasteiger partial charge in [-0.15, -0.1) is 0 Å². The number of amides is 1. The molecule has 2 aromatic carbocycles. The van der Waals surface area contributed by atoms with Crippen LogP contribution >= 0.6 is 11.6 Å². The first kappa shape index (κ1) is 31.3. The number of carbonyl (C=O) groups is 1. The van der Waals surface area contributed by atoms with Crippen molar-refractivity contribution in [3.63, 3.8) is 0 Å². The van der Waals surface area contributed by atoms with Crippen molar-refractivity contribution >= 4 is 33.2 Å². The van der Waals surface area contributed by atoms with Crippen LogP contribution in [0.15, 0.2) is 42.5 Å². The molecule has 5 N–H and O–H groups in total. The highest BCUT2D eigenvalue weighted by atomic mass is 35.5. The first-order valence-electron chi connectivity index (χ1n) is 15.1. The van der Waals surface area contributed by atoms with Gasteiger partial charge in [0.25, 0.3) is 0 Å². The van der Waals surface area contributed by atoms with Gasteiger partial charge in [0.1, 0.15) is 5.82 Å². The van der Waals surface area contributed by atoms with Crippen LogP contribution in [-0.4, -0.2) is 66.8 Å². The Bertz CT molecular complexity index is 1340. The molecule has 5 rings (SSSR count). The number of sulfonamides is 1. The van der Waals surface area contributed by atoms with E-state index in [9.17, 15) is 18.3 Å². The summed E-state index contributed by atoms with van der Waals surface area (Å²) in [4.78, 5) is 13.6. The summed E-state index contributed by atoms with van der Waals surface area (Å²) in [5.41, 5.74) is 8.33. The molecule has 0 radical (unpaired) electrons. The lowest BCUT2D eigenvalue weighted by molar-refractivity contribution is -0.118. The van der Waals surface area contributed by atoms with E-state index in [0.717, 1.165) is 24.8 Å². The van der Waals surface area contributed by atoms with Crippen LogP contribution in [0.1, 0.15) is 68.4 Å². The number of carbonyl (C=O) groups excluding carboxylic acids is 1. The predicted molar refractivity (Wildman–Crippen MR) is 163 cm³/mol. The van der Waals surface area contributed by atoms with Crippen molar-refractivity contribution in [3.05, 3.63) is 64.4 Å². The molecule has 230 valence electrons. The van der Waals surface area contributed by atoms with E-state index in [1.807, 2.05) is 12.1 Å². The molecule has 5 atom stereocenters. The highest BCUT2D eigenvalue weighted by molar-refractivity contribution is 7.89. The average molecular weight is 621 g/mol. The number of fused-ring (bicyclic) bond motifs is 2. The minimum atomic E-state index is -3.30. The first-order chi connectivity index (χ1) is 20.1. The maximum Gasteiger partial charge on any atom is 0.241 e. The van der Waals surface area contributed by atoms with E-state index in [-0.39, 0.29) is 35.8 Å². The van der Waals surface area contributed by atoms with E-state index >= 15 is 4.39 Å². The molecule has 2 aromatic rings. The Morgan fingerprint density at radius 2 is 1.88 bits per heavy atom. The molecule has 11 heteroatoms. The maximum absolute atomic E-state index is 15.1. The van der Waals surface area contributed by atoms with Crippen molar-refractivity contribution in [2.75, 3.05) is 24.2 Å². The standard InChI is InChI=1S/C31H42ClFN4O4S/c32-22-13-9-20(10-14-22)29(21-11-15-25(38)16-12-21)30(34)31(39)36-28-8-2-7-27(33)26(28)6-1-5-24-18-35-23-4-3-17-42(40,41)37(24)19-23/h2,7-10,13-14,21,23-25,29-30,35,38H,1,3-6,11-12,15-19,34H2,(H,36,39)/t21?,23-,24+,25?,29+,30+/m1/s1. The SMILES string of the molecule is N[C@H](C(=O)Nc1cccc(F)c1CCC[C@H]1CN[C@@H]2CCCS(=O)(=O)N1C2)[C@@H](c1ccc(Cl)cc1)C1CCC(O)CC1. The number of benzene rings is 2. The second kappa shape index (κ2) is 13.7. The molecule has 8 nitrogen and oxygen atoms in total. The van der Waals surface area contributed by atoms with E-state index in [0.29, 0.717) is 67.9 Å². The van der Waals surface area contributed by atoms with Crippen molar-refractivity contribution in [2.24, 2.45) is 11.7 Å². The molecule has 2 bridgehead atoms. The molecular formula is C31H42ClFN4O4S. The Morgan fingerprint density at radius 1 is 1.14 bits per heavy atom. The molecular weight excluding hydrogens is 579 g/mol. The summed E-state index contributed by atoms with van der Waals surface area (Å²) in [6.07, 6.45) is 5.51. The molecule has 1 unspecified atom stereocenters. The zero-order chi connectivity index (χ0) is 29.9. The van der Waals surface area contributed by atoms with Crippen molar-refractivity contribution in [2.45, 2.75) is 87.9 Å². The zero-order valence-corrected chi connectivity index (χ0v) is 25.4. The van der Waals surface area contributed by atoms with Crippen LogP contribution in [0.25, 0.3) is 0 Å². The third-order valence-electron chi connectivity index (χ3n) is 9.30. The summed E-state index contributed by atoms with van der Waals surface area (Å²) >= 11 is 6.13. The number of hydrogen-bond acceptors (Lipinski definition) is 6. The Labute approximate surface area is 253 Å². The molecule has 1 aliphatic carbocycles. The topological polar surface area (TPSA) is 125 Å². The fraction of sp³-hybridized carbons (Fsp3) is 0.581. The summed E-state index contributed by atoms with van der Waals surface area (Å²) in [6.45, 7) is 1.07. The number of nitrogens with zero attached hydrogens (tertiary/aromatic N) is 1. The van der Waals surface area contributed by atoms with Gasteiger partial charge in [-0.05, 0) is 93.5 Å². The summed E-state index contributed by atoms with van der Waals surface area (Å²) in [5, 5.41) is 17.0. The second-order valence-corrected chi connectivity index (χ2v) is 14.6. The van der Waals surface area contributed by atoms with Gasteiger partial charge in [0.2, 0.25) is 15.9 Å². The number of aliphatic hydroxyl groups is 1. The number of halogens is 2. The minimum Gasteiger partial charge on any atom is -0.393 e. The van der Waals surface area contributed by atoms with Crippen molar-refractivity contribution < 1.29 is 22.7 Å². The monoisotopic (exact) mass is 620 g/mol. The summed E-state index contributed by atoms with van der Waals surface area (Å²) in [7, 11) is -3.30. The molecule has 2 saturated heterocycles. The molecule has 0 spiro atoms. The summed E-state index contributed by atoms with van der Waals surface area (Å²) in [6, 6.07) is 11.1. The second-order valence-electron chi connectivity index (χ2n) is 12.1. The van der Waals surface area contributed by atoms with Gasteiger partial charge in [0, 0.05) is 47.4 Å². The highest BCUT2D eigenvalue weighted by Crippen LogP contribution is 2.39. The number of nitrogens with one attached hydrogen (secondary N) is 2. The molecule has 1 saturated carbocycles. The van der Waals surface area contributed by atoms with Crippen LogP contribution in [-0.2, 0) is 21.2 Å². The number of rotatable bonds is 9. The quantitative estimate of drug-likeness (QED) is 0.334. The lowest BCUT2D eigenvalue weighted by atomic mass is 9.72. The molecule has 2 heterocycles. The van der Waals surface area contributed by atoms with E-state index < -0.39 is 27.8 Å². The van der Waals surface area contributed by atoms with Crippen LogP contribution in [0, 0.1) is 11.7 Å². The Morgan fingerprint density at radius 3 is 2.62 bits per heavy atom. The van der Waals surface area contributed by atoms with Crippen molar-refractivity contribution in [1.82, 2.24) is 9.62 Å². The number of hydrogen-bond donors (Lipinski definition) is 4. The van der Waals surface area contributed by atoms with E-state index in [1.165, 1.54) is 6.07 Å². The van der Waals surface area contributed by atoms with Gasteiger partial charge in [0.15, 0.2) is 0 Å². The Kier molecular flexibility index (Phi) is 10.2. The largest absolute Gasteiger partial charge is 0.393 e. The number of anilines is 1. The number of aliphatic hydroxyl groups excluding tert-OH is 1. The Balaban J connectivity index is 1.28. The minimum absolute atomic E-state index is 0.112. The molecule has 2 aliphatic heterocycles. The van der Waals surface area contributed by atoms with E-state index in [1.54, 1.807) is 28.6 Å². The van der Waals surface area contributed by atoms with Gasteiger partial charge in [0.05, 0.1) is 17.9 Å². The molecule has 3 aliphatic rings.